The van der Waals surface area contributed by atoms with Crippen LogP contribution in [-0.4, -0.2) is 76.1 Å². The Labute approximate surface area is 164 Å². The molecule has 0 bridgehead atoms. The fourth-order valence-corrected chi connectivity index (χ4v) is 2.27. The van der Waals surface area contributed by atoms with E-state index in [-0.39, 0.29) is 24.3 Å². The zero-order valence-electron chi connectivity index (χ0n) is 14.1. The summed E-state index contributed by atoms with van der Waals surface area (Å²) in [5.74, 6) is -5.04. The van der Waals surface area contributed by atoms with Crippen molar-refractivity contribution >= 4 is 54.4 Å². The molecule has 27 heavy (non-hydrogen) atoms. The third-order valence-electron chi connectivity index (χ3n) is 2.94. The van der Waals surface area contributed by atoms with Gasteiger partial charge in [-0.25, -0.2) is 4.79 Å². The molecule has 0 saturated carbocycles. The van der Waals surface area contributed by atoms with Crippen LogP contribution in [0.15, 0.2) is 0 Å². The first-order valence-corrected chi connectivity index (χ1v) is 9.09. The molecule has 14 heteroatoms. The lowest BCUT2D eigenvalue weighted by atomic mass is 10.1. The summed E-state index contributed by atoms with van der Waals surface area (Å²) in [4.78, 5) is 56.5. The summed E-state index contributed by atoms with van der Waals surface area (Å²) in [6.45, 7) is -0.677. The molecule has 0 aliphatic rings. The normalized spacial score (nSPS) is 13.7. The van der Waals surface area contributed by atoms with Gasteiger partial charge in [0.2, 0.25) is 11.8 Å². The second-order valence-electron chi connectivity index (χ2n) is 5.19. The summed E-state index contributed by atoms with van der Waals surface area (Å²) in [6.07, 6.45) is -0.436. The Bertz CT molecular complexity index is 562. The first-order chi connectivity index (χ1) is 12.6. The highest BCUT2D eigenvalue weighted by atomic mass is 32.2. The molecular weight excluding hydrogens is 404 g/mol. The van der Waals surface area contributed by atoms with E-state index in [0.717, 1.165) is 0 Å². The van der Waals surface area contributed by atoms with E-state index < -0.39 is 54.4 Å². The van der Waals surface area contributed by atoms with E-state index in [1.54, 1.807) is 0 Å². The van der Waals surface area contributed by atoms with E-state index in [9.17, 15) is 24.0 Å². The SMILES string of the molecule is NC(CCC(=O)NC(CSOC(=O)[C@@H](N)CS)C(=O)NCC(=O)O)C(=O)O. The van der Waals surface area contributed by atoms with Crippen molar-refractivity contribution in [2.75, 3.05) is 18.1 Å². The number of carbonyl (C=O) groups excluding carboxylic acids is 3. The van der Waals surface area contributed by atoms with Gasteiger partial charge in [-0.1, -0.05) is 0 Å². The van der Waals surface area contributed by atoms with Gasteiger partial charge in [-0.3, -0.25) is 19.2 Å². The van der Waals surface area contributed by atoms with Crippen LogP contribution in [0.5, 0.6) is 0 Å². The number of carboxylic acids is 2. The molecule has 0 aliphatic heterocycles. The molecule has 0 aromatic rings. The highest BCUT2D eigenvalue weighted by Crippen LogP contribution is 2.08. The summed E-state index contributed by atoms with van der Waals surface area (Å²) < 4.78 is 4.77. The van der Waals surface area contributed by atoms with Crippen LogP contribution in [0.25, 0.3) is 0 Å². The van der Waals surface area contributed by atoms with Crippen molar-refractivity contribution in [2.45, 2.75) is 31.0 Å². The number of carboxylic acid groups (broad SMARTS) is 2. The standard InChI is InChI=1S/C13H22N4O8S2/c14-6(12(22)23)1-2-9(18)17-8(11(21)16-3-10(19)20)5-27-25-13(24)7(15)4-26/h6-8,26H,1-5,14-15H2,(H,16,21)(H,17,18)(H,19,20)(H,22,23)/t6?,7-,8?/m0/s1. The maximum atomic E-state index is 12.0. The Morgan fingerprint density at radius 2 is 1.74 bits per heavy atom. The van der Waals surface area contributed by atoms with Crippen molar-refractivity contribution in [3.05, 3.63) is 0 Å². The number of nitrogens with one attached hydrogen (secondary N) is 2. The summed E-state index contributed by atoms with van der Waals surface area (Å²) >= 11 is 4.37. The molecule has 0 spiro atoms. The topological polar surface area (TPSA) is 211 Å². The second kappa shape index (κ2) is 13.2. The van der Waals surface area contributed by atoms with Gasteiger partial charge >= 0.3 is 17.9 Å². The molecule has 0 aliphatic carbocycles. The maximum absolute atomic E-state index is 12.0. The Morgan fingerprint density at radius 3 is 2.26 bits per heavy atom. The van der Waals surface area contributed by atoms with Gasteiger partial charge in [-0.05, 0) is 6.42 Å². The van der Waals surface area contributed by atoms with Gasteiger partial charge in [0.1, 0.15) is 24.7 Å². The van der Waals surface area contributed by atoms with E-state index in [1.165, 1.54) is 0 Å². The summed E-state index contributed by atoms with van der Waals surface area (Å²) in [6, 6.07) is -3.44. The van der Waals surface area contributed by atoms with E-state index in [0.29, 0.717) is 12.0 Å². The number of amides is 2. The van der Waals surface area contributed by atoms with Gasteiger partial charge in [0.25, 0.3) is 0 Å². The van der Waals surface area contributed by atoms with Crippen LogP contribution in [0.3, 0.4) is 0 Å². The fraction of sp³-hybridized carbons (Fsp3) is 0.615. The van der Waals surface area contributed by atoms with Crippen LogP contribution in [0.4, 0.5) is 0 Å². The van der Waals surface area contributed by atoms with Crippen molar-refractivity contribution in [1.29, 1.82) is 0 Å². The van der Waals surface area contributed by atoms with Crippen molar-refractivity contribution in [3.63, 3.8) is 0 Å². The quantitative estimate of drug-likeness (QED) is 0.119. The Hall–Kier alpha value is -2.03. The molecule has 8 N–H and O–H groups in total. The van der Waals surface area contributed by atoms with Gasteiger partial charge in [0.15, 0.2) is 0 Å². The molecule has 3 atom stereocenters. The molecule has 0 rings (SSSR count). The van der Waals surface area contributed by atoms with Gasteiger partial charge < -0.3 is 36.5 Å². The first kappa shape index (κ1) is 25.0. The number of hydrogen-bond donors (Lipinski definition) is 7. The lowest BCUT2D eigenvalue weighted by molar-refractivity contribution is -0.139. The van der Waals surface area contributed by atoms with Crippen molar-refractivity contribution in [3.8, 4) is 0 Å². The first-order valence-electron chi connectivity index (χ1n) is 7.55. The number of hydrogen-bond acceptors (Lipinski definition) is 10. The minimum absolute atomic E-state index is 0.0441. The van der Waals surface area contributed by atoms with Crippen LogP contribution in [0.2, 0.25) is 0 Å². The zero-order valence-corrected chi connectivity index (χ0v) is 15.8. The van der Waals surface area contributed by atoms with E-state index in [2.05, 4.69) is 23.3 Å². The van der Waals surface area contributed by atoms with Gasteiger partial charge in [-0.2, -0.15) is 12.6 Å². The molecule has 0 aromatic heterocycles. The van der Waals surface area contributed by atoms with E-state index >= 15 is 0 Å². The van der Waals surface area contributed by atoms with E-state index in [1.807, 2.05) is 0 Å². The lowest BCUT2D eigenvalue weighted by Gasteiger charge is -2.18. The highest BCUT2D eigenvalue weighted by molar-refractivity contribution is 7.95. The number of rotatable bonds is 13. The Kier molecular flexibility index (Phi) is 12.2. The van der Waals surface area contributed by atoms with Crippen LogP contribution >= 0.6 is 24.7 Å². The molecule has 0 aromatic carbocycles. The third kappa shape index (κ3) is 11.3. The van der Waals surface area contributed by atoms with Crippen LogP contribution in [-0.2, 0) is 28.2 Å². The number of carbonyl (C=O) groups is 5. The maximum Gasteiger partial charge on any atom is 0.335 e. The minimum atomic E-state index is -1.29. The monoisotopic (exact) mass is 426 g/mol. The zero-order chi connectivity index (χ0) is 21.0. The smallest absolute Gasteiger partial charge is 0.335 e. The van der Waals surface area contributed by atoms with Gasteiger partial charge in [0.05, 0.1) is 17.8 Å². The van der Waals surface area contributed by atoms with Crippen LogP contribution < -0.4 is 22.1 Å². The predicted octanol–water partition coefficient (Wildman–Crippen LogP) is -2.69. The van der Waals surface area contributed by atoms with E-state index in [4.69, 9.17) is 25.9 Å². The molecule has 2 amide bonds. The molecule has 0 radical (unpaired) electrons. The van der Waals surface area contributed by atoms with Crippen molar-refractivity contribution in [1.82, 2.24) is 10.6 Å². The number of thiol groups is 1. The van der Waals surface area contributed by atoms with Gasteiger partial charge in [0, 0.05) is 12.2 Å². The molecule has 0 saturated heterocycles. The fourth-order valence-electron chi connectivity index (χ4n) is 1.44. The number of aliphatic carboxylic acids is 2. The summed E-state index contributed by atoms with van der Waals surface area (Å²) in [5, 5.41) is 21.7. The predicted molar refractivity (Wildman–Crippen MR) is 97.8 cm³/mol. The molecule has 154 valence electrons. The van der Waals surface area contributed by atoms with Crippen molar-refractivity contribution < 1.29 is 38.4 Å². The molecule has 2 unspecified atom stereocenters. The Morgan fingerprint density at radius 1 is 1.11 bits per heavy atom. The third-order valence-corrected chi connectivity index (χ3v) is 4.09. The Balaban J connectivity index is 4.70. The summed E-state index contributed by atoms with van der Waals surface area (Å²) in [5.41, 5.74) is 10.7. The molecule has 12 nitrogen and oxygen atoms in total. The summed E-state index contributed by atoms with van der Waals surface area (Å²) in [7, 11) is 0. The molecule has 0 heterocycles. The second-order valence-corrected chi connectivity index (χ2v) is 6.29. The molecule has 0 fully saturated rings. The van der Waals surface area contributed by atoms with Gasteiger partial charge in [-0.15, -0.1) is 0 Å². The minimum Gasteiger partial charge on any atom is -0.480 e. The lowest BCUT2D eigenvalue weighted by Crippen LogP contribution is -2.49. The van der Waals surface area contributed by atoms with Crippen LogP contribution in [0, 0.1) is 0 Å². The highest BCUT2D eigenvalue weighted by Gasteiger charge is 2.24. The van der Waals surface area contributed by atoms with Crippen molar-refractivity contribution in [2.24, 2.45) is 11.5 Å². The average Bonchev–Trinajstić information content (AvgIpc) is 2.61. The average molecular weight is 426 g/mol. The van der Waals surface area contributed by atoms with Crippen LogP contribution in [0.1, 0.15) is 12.8 Å². The largest absolute Gasteiger partial charge is 0.480 e. The molecular formula is C13H22N4O8S2. The number of nitrogens with two attached hydrogens (primary N) is 2.